The number of aromatic nitrogens is 4. The van der Waals surface area contributed by atoms with E-state index >= 15 is 0 Å². The maximum atomic E-state index is 6.90. The molecule has 3 aromatic heterocycles. The fourth-order valence-electron chi connectivity index (χ4n) is 9.67. The summed E-state index contributed by atoms with van der Waals surface area (Å²) in [6.07, 6.45) is 0. The zero-order valence-corrected chi connectivity index (χ0v) is 33.3. The maximum Gasteiger partial charge on any atom is 0.238 e. The number of nitrogens with zero attached hydrogens (tertiary/aromatic N) is 4. The van der Waals surface area contributed by atoms with Crippen molar-refractivity contribution in [3.05, 3.63) is 206 Å². The molecule has 0 atom stereocenters. The minimum absolute atomic E-state index is 0.537. The average Bonchev–Trinajstić information content (AvgIpc) is 3.90. The largest absolute Gasteiger partial charge is 0.455 e. The number of fused-ring (bicyclic) bond motifs is 12. The lowest BCUT2D eigenvalue weighted by molar-refractivity contribution is 0.670. The second kappa shape index (κ2) is 13.6. The van der Waals surface area contributed by atoms with E-state index in [9.17, 15) is 0 Å². The first kappa shape index (κ1) is 34.5. The van der Waals surface area contributed by atoms with Crippen LogP contribution in [0.3, 0.4) is 0 Å². The molecule has 0 fully saturated rings. The zero-order chi connectivity index (χ0) is 40.7. The molecule has 5 nitrogen and oxygen atoms in total. The summed E-state index contributed by atoms with van der Waals surface area (Å²) >= 11 is 0. The number of hydrogen-bond donors (Lipinski definition) is 0. The van der Waals surface area contributed by atoms with E-state index < -0.39 is 0 Å². The van der Waals surface area contributed by atoms with Crippen LogP contribution < -0.4 is 0 Å². The van der Waals surface area contributed by atoms with Gasteiger partial charge in [-0.15, -0.1) is 0 Å². The van der Waals surface area contributed by atoms with Crippen LogP contribution >= 0.6 is 0 Å². The number of benzene rings is 10. The van der Waals surface area contributed by atoms with Crippen LogP contribution in [-0.2, 0) is 0 Å². The Balaban J connectivity index is 1.21. The van der Waals surface area contributed by atoms with Crippen LogP contribution in [0.4, 0.5) is 0 Å². The first-order valence-electron chi connectivity index (χ1n) is 20.9. The van der Waals surface area contributed by atoms with Gasteiger partial charge in [-0.2, -0.15) is 9.97 Å². The standard InChI is InChI=1S/C57H34N4O/c1-3-16-35(17-4-1)36-30-32-38(33-31-36)56-58-55(37-18-5-2-6-19-37)59-57(60-56)61-52-46(50-44-25-11-9-22-41(44)42-23-10-12-26-45(42)53(50)61)27-15-28-47(52)51-40-21-8-7-20-39(40)34-48-43-24-13-14-29-49(43)62-54(48)51/h1-34H. The van der Waals surface area contributed by atoms with E-state index in [1.54, 1.807) is 0 Å². The fraction of sp³-hybridized carbons (Fsp3) is 0. The lowest BCUT2D eigenvalue weighted by atomic mass is 9.93. The minimum Gasteiger partial charge on any atom is -0.455 e. The average molecular weight is 791 g/mol. The van der Waals surface area contributed by atoms with Crippen molar-refractivity contribution in [2.45, 2.75) is 0 Å². The van der Waals surface area contributed by atoms with Gasteiger partial charge in [0.1, 0.15) is 11.2 Å². The van der Waals surface area contributed by atoms with Gasteiger partial charge in [0, 0.05) is 49.2 Å². The van der Waals surface area contributed by atoms with Crippen molar-refractivity contribution in [3.8, 4) is 51.0 Å². The molecular formula is C57H34N4O. The third kappa shape index (κ3) is 5.18. The molecule has 0 aliphatic rings. The van der Waals surface area contributed by atoms with Crippen molar-refractivity contribution in [1.82, 2.24) is 19.5 Å². The molecule has 0 saturated heterocycles. The van der Waals surface area contributed by atoms with Crippen LogP contribution in [0.25, 0.3) is 127 Å². The smallest absolute Gasteiger partial charge is 0.238 e. The number of furan rings is 1. The van der Waals surface area contributed by atoms with Gasteiger partial charge in [0.05, 0.1) is 11.0 Å². The molecule has 0 radical (unpaired) electrons. The number of rotatable bonds is 5. The highest BCUT2D eigenvalue weighted by atomic mass is 16.3. The van der Waals surface area contributed by atoms with Crippen molar-refractivity contribution in [3.63, 3.8) is 0 Å². The van der Waals surface area contributed by atoms with Crippen LogP contribution in [0, 0.1) is 0 Å². The Labute approximate surface area is 355 Å². The second-order valence-corrected chi connectivity index (χ2v) is 15.9. The summed E-state index contributed by atoms with van der Waals surface area (Å²) < 4.78 is 9.21. The van der Waals surface area contributed by atoms with E-state index in [1.165, 1.54) is 16.2 Å². The van der Waals surface area contributed by atoms with Gasteiger partial charge < -0.3 is 4.42 Å². The van der Waals surface area contributed by atoms with E-state index in [0.717, 1.165) is 93.3 Å². The Morgan fingerprint density at radius 3 is 1.63 bits per heavy atom. The second-order valence-electron chi connectivity index (χ2n) is 15.9. The van der Waals surface area contributed by atoms with Gasteiger partial charge in [-0.25, -0.2) is 4.98 Å². The highest BCUT2D eigenvalue weighted by Gasteiger charge is 2.26. The van der Waals surface area contributed by atoms with Crippen LogP contribution in [0.1, 0.15) is 0 Å². The first-order valence-corrected chi connectivity index (χ1v) is 20.9. The van der Waals surface area contributed by atoms with Crippen LogP contribution in [0.15, 0.2) is 211 Å². The molecule has 3 heterocycles. The SMILES string of the molecule is c1ccc(-c2ccc(-c3nc(-c4ccccc4)nc(-n4c5c(-c6c7ccccc7cc7c6oc6ccccc67)cccc5c5c6ccccc6c6ccccc6c54)n3)cc2)cc1. The lowest BCUT2D eigenvalue weighted by Crippen LogP contribution is -2.07. The summed E-state index contributed by atoms with van der Waals surface area (Å²) in [7, 11) is 0. The number of hydrogen-bond acceptors (Lipinski definition) is 4. The Bertz CT molecular complexity index is 3910. The molecule has 0 amide bonds. The van der Waals surface area contributed by atoms with Crippen LogP contribution in [0.2, 0.25) is 0 Å². The van der Waals surface area contributed by atoms with Crippen molar-refractivity contribution in [1.29, 1.82) is 0 Å². The third-order valence-electron chi connectivity index (χ3n) is 12.4. The quantitative estimate of drug-likeness (QED) is 0.163. The molecule has 0 bridgehead atoms. The molecular weight excluding hydrogens is 757 g/mol. The Morgan fingerprint density at radius 2 is 0.887 bits per heavy atom. The monoisotopic (exact) mass is 790 g/mol. The molecule has 10 aromatic carbocycles. The first-order chi connectivity index (χ1) is 30.8. The van der Waals surface area contributed by atoms with Crippen molar-refractivity contribution in [2.75, 3.05) is 0 Å². The van der Waals surface area contributed by atoms with Crippen molar-refractivity contribution >= 4 is 76.1 Å². The summed E-state index contributed by atoms with van der Waals surface area (Å²) in [5.41, 5.74) is 9.91. The zero-order valence-electron chi connectivity index (χ0n) is 33.3. The van der Waals surface area contributed by atoms with Gasteiger partial charge in [-0.1, -0.05) is 194 Å². The number of para-hydroxylation sites is 2. The summed E-state index contributed by atoms with van der Waals surface area (Å²) in [6.45, 7) is 0. The maximum absolute atomic E-state index is 6.90. The van der Waals surface area contributed by atoms with Gasteiger partial charge in [0.2, 0.25) is 5.95 Å². The highest BCUT2D eigenvalue weighted by Crippen LogP contribution is 2.48. The summed E-state index contributed by atoms with van der Waals surface area (Å²) in [6, 6.07) is 72.6. The Hall–Kier alpha value is -8.41. The van der Waals surface area contributed by atoms with Gasteiger partial charge in [0.15, 0.2) is 11.6 Å². The van der Waals surface area contributed by atoms with Gasteiger partial charge in [-0.3, -0.25) is 4.57 Å². The molecule has 0 N–H and O–H groups in total. The summed E-state index contributed by atoms with van der Waals surface area (Å²) in [4.78, 5) is 16.1. The van der Waals surface area contributed by atoms with E-state index in [2.05, 4.69) is 180 Å². The van der Waals surface area contributed by atoms with Crippen molar-refractivity contribution < 1.29 is 4.42 Å². The summed E-state index contributed by atoms with van der Waals surface area (Å²) in [5.74, 6) is 1.73. The molecule has 13 rings (SSSR count). The van der Waals surface area contributed by atoms with E-state index in [4.69, 9.17) is 19.4 Å². The normalized spacial score (nSPS) is 11.9. The molecule has 288 valence electrons. The van der Waals surface area contributed by atoms with Crippen LogP contribution in [0.5, 0.6) is 0 Å². The van der Waals surface area contributed by atoms with Gasteiger partial charge in [-0.05, 0) is 50.2 Å². The molecule has 13 aromatic rings. The molecule has 5 heteroatoms. The lowest BCUT2D eigenvalue weighted by Gasteiger charge is -2.15. The Kier molecular flexibility index (Phi) is 7.54. The molecule has 0 spiro atoms. The van der Waals surface area contributed by atoms with E-state index in [0.29, 0.717) is 17.6 Å². The Morgan fingerprint density at radius 1 is 0.355 bits per heavy atom. The molecule has 62 heavy (non-hydrogen) atoms. The summed E-state index contributed by atoms with van der Waals surface area (Å²) in [5, 5.41) is 11.3. The van der Waals surface area contributed by atoms with E-state index in [1.807, 2.05) is 30.3 Å². The highest BCUT2D eigenvalue weighted by molar-refractivity contribution is 6.34. The topological polar surface area (TPSA) is 56.7 Å². The van der Waals surface area contributed by atoms with Gasteiger partial charge >= 0.3 is 0 Å². The molecule has 0 aliphatic heterocycles. The fourth-order valence-corrected chi connectivity index (χ4v) is 9.67. The van der Waals surface area contributed by atoms with Crippen LogP contribution in [-0.4, -0.2) is 19.5 Å². The third-order valence-corrected chi connectivity index (χ3v) is 12.4. The predicted molar refractivity (Wildman–Crippen MR) is 256 cm³/mol. The predicted octanol–water partition coefficient (Wildman–Crippen LogP) is 15.0. The molecule has 0 unspecified atom stereocenters. The molecule has 0 aliphatic carbocycles. The van der Waals surface area contributed by atoms with E-state index in [-0.39, 0.29) is 0 Å². The molecule has 0 saturated carbocycles. The van der Waals surface area contributed by atoms with Crippen molar-refractivity contribution in [2.24, 2.45) is 0 Å². The van der Waals surface area contributed by atoms with Gasteiger partial charge in [0.25, 0.3) is 0 Å². The minimum atomic E-state index is 0.537.